The summed E-state index contributed by atoms with van der Waals surface area (Å²) in [6, 6.07) is 0. The van der Waals surface area contributed by atoms with E-state index >= 15 is 0 Å². The van der Waals surface area contributed by atoms with Crippen molar-refractivity contribution in [3.8, 4) is 0 Å². The van der Waals surface area contributed by atoms with Gasteiger partial charge in [-0.1, -0.05) is 30.9 Å². The third-order valence-electron chi connectivity index (χ3n) is 2.13. The van der Waals surface area contributed by atoms with Crippen LogP contribution in [0, 0.1) is 0 Å². The van der Waals surface area contributed by atoms with E-state index in [1.165, 1.54) is 5.20 Å². The fourth-order valence-corrected chi connectivity index (χ4v) is 2.77. The van der Waals surface area contributed by atoms with E-state index < -0.39 is 13.7 Å². The molecule has 0 saturated heterocycles. The largest absolute Gasteiger partial charge is 0.444 e. The lowest BCUT2D eigenvalue weighted by atomic mass is 10.2. The molecule has 0 aromatic rings. The maximum atomic E-state index is 11.5. The van der Waals surface area contributed by atoms with Crippen LogP contribution in [0.2, 0.25) is 19.6 Å². The molecule has 0 spiro atoms. The van der Waals surface area contributed by atoms with Gasteiger partial charge < -0.3 is 10.1 Å². The van der Waals surface area contributed by atoms with Crippen molar-refractivity contribution >= 4 is 14.2 Å². The van der Waals surface area contributed by atoms with Crippen LogP contribution < -0.4 is 5.32 Å². The summed E-state index contributed by atoms with van der Waals surface area (Å²) in [6.45, 7) is 15.0. The number of hydrogen-bond acceptors (Lipinski definition) is 2. The summed E-state index contributed by atoms with van der Waals surface area (Å²) in [6.07, 6.45) is 1.76. The molecule has 0 bridgehead atoms. The van der Waals surface area contributed by atoms with Crippen LogP contribution in [0.5, 0.6) is 0 Å². The first kappa shape index (κ1) is 15.2. The normalized spacial score (nSPS) is 13.6. The lowest BCUT2D eigenvalue weighted by Crippen LogP contribution is -2.37. The van der Waals surface area contributed by atoms with Crippen molar-refractivity contribution in [3.63, 3.8) is 0 Å². The number of amides is 1. The van der Waals surface area contributed by atoms with E-state index in [1.54, 1.807) is 0 Å². The zero-order valence-electron chi connectivity index (χ0n) is 11.6. The molecule has 94 valence electrons. The van der Waals surface area contributed by atoms with E-state index in [4.69, 9.17) is 4.74 Å². The average Bonchev–Trinajstić information content (AvgIpc) is 1.98. The topological polar surface area (TPSA) is 38.3 Å². The van der Waals surface area contributed by atoms with Crippen molar-refractivity contribution in [2.24, 2.45) is 0 Å². The Kier molecular flexibility index (Phi) is 5.26. The fraction of sp³-hybridized carbons (Fsp3) is 0.750. The van der Waals surface area contributed by atoms with Gasteiger partial charge in [0.25, 0.3) is 0 Å². The molecule has 4 heteroatoms. The summed E-state index contributed by atoms with van der Waals surface area (Å²) in [5, 5.41) is 4.13. The van der Waals surface area contributed by atoms with Crippen LogP contribution >= 0.6 is 0 Å². The molecule has 0 atom stereocenters. The van der Waals surface area contributed by atoms with Gasteiger partial charge in [-0.15, -0.1) is 0 Å². The van der Waals surface area contributed by atoms with E-state index in [1.807, 2.05) is 27.7 Å². The van der Waals surface area contributed by atoms with Gasteiger partial charge in [0.1, 0.15) is 5.60 Å². The lowest BCUT2D eigenvalue weighted by Gasteiger charge is -2.23. The summed E-state index contributed by atoms with van der Waals surface area (Å²) in [5.74, 6) is 0. The van der Waals surface area contributed by atoms with Crippen LogP contribution in [0.25, 0.3) is 0 Å². The van der Waals surface area contributed by atoms with Gasteiger partial charge in [-0.25, -0.2) is 4.79 Å². The second kappa shape index (κ2) is 5.52. The van der Waals surface area contributed by atoms with Crippen LogP contribution in [0.3, 0.4) is 0 Å². The minimum absolute atomic E-state index is 0.342. The third kappa shape index (κ3) is 6.66. The molecule has 0 rings (SSSR count). The van der Waals surface area contributed by atoms with E-state index in [-0.39, 0.29) is 6.09 Å². The molecule has 1 amide bonds. The molecule has 0 saturated carbocycles. The number of rotatable bonds is 3. The zero-order chi connectivity index (χ0) is 13.0. The van der Waals surface area contributed by atoms with Gasteiger partial charge in [-0.3, -0.25) is 0 Å². The van der Waals surface area contributed by atoms with E-state index in [2.05, 4.69) is 31.0 Å². The van der Waals surface area contributed by atoms with Gasteiger partial charge in [0.15, 0.2) is 0 Å². The minimum Gasteiger partial charge on any atom is -0.444 e. The maximum Gasteiger partial charge on any atom is 0.407 e. The monoisotopic (exact) mass is 243 g/mol. The molecule has 0 unspecified atom stereocenters. The van der Waals surface area contributed by atoms with E-state index in [0.29, 0.717) is 6.54 Å². The molecule has 1 N–H and O–H groups in total. The first-order valence-electron chi connectivity index (χ1n) is 5.69. The Balaban J connectivity index is 4.21. The quantitative estimate of drug-likeness (QED) is 0.772. The van der Waals surface area contributed by atoms with Crippen molar-refractivity contribution in [1.82, 2.24) is 5.32 Å². The number of nitrogens with one attached hydrogen (secondary N) is 1. The van der Waals surface area contributed by atoms with E-state index in [0.717, 1.165) is 0 Å². The molecule has 0 aromatic carbocycles. The molecule has 16 heavy (non-hydrogen) atoms. The Morgan fingerprint density at radius 2 is 1.81 bits per heavy atom. The van der Waals surface area contributed by atoms with Gasteiger partial charge >= 0.3 is 6.09 Å². The smallest absolute Gasteiger partial charge is 0.407 e. The SMILES string of the molecule is C/C=C(/CNC(=O)OC(C)(C)C)[Si](C)(C)C. The standard InChI is InChI=1S/C12H25NO2Si/c1-8-10(16(5,6)7)9-13-11(14)15-12(2,3)4/h8H,9H2,1-7H3,(H,13,14)/b10-8-. The van der Waals surface area contributed by atoms with Crippen LogP contribution in [0.1, 0.15) is 27.7 Å². The number of alkyl carbamates (subject to hydrolysis) is 1. The van der Waals surface area contributed by atoms with E-state index in [9.17, 15) is 4.79 Å². The molecule has 0 aliphatic carbocycles. The van der Waals surface area contributed by atoms with Gasteiger partial charge in [0.2, 0.25) is 0 Å². The molecular weight excluding hydrogens is 218 g/mol. The van der Waals surface area contributed by atoms with Crippen LogP contribution in [0.4, 0.5) is 4.79 Å². The number of hydrogen-bond donors (Lipinski definition) is 1. The van der Waals surface area contributed by atoms with Crippen molar-refractivity contribution < 1.29 is 9.53 Å². The first-order valence-corrected chi connectivity index (χ1v) is 9.19. The van der Waals surface area contributed by atoms with Gasteiger partial charge in [0.05, 0.1) is 8.07 Å². The zero-order valence-corrected chi connectivity index (χ0v) is 12.6. The second-order valence-corrected chi connectivity index (χ2v) is 11.1. The van der Waals surface area contributed by atoms with Gasteiger partial charge in [-0.2, -0.15) is 0 Å². The summed E-state index contributed by atoms with van der Waals surface area (Å²) in [7, 11) is -1.32. The highest BCUT2D eigenvalue weighted by atomic mass is 28.3. The highest BCUT2D eigenvalue weighted by Gasteiger charge is 2.20. The Labute approximate surface area is 100 Å². The number of ether oxygens (including phenoxy) is 1. The molecule has 3 nitrogen and oxygen atoms in total. The fourth-order valence-electron chi connectivity index (χ4n) is 1.28. The van der Waals surface area contributed by atoms with Crippen LogP contribution in [-0.4, -0.2) is 26.3 Å². The van der Waals surface area contributed by atoms with Crippen molar-refractivity contribution in [1.29, 1.82) is 0 Å². The highest BCUT2D eigenvalue weighted by Crippen LogP contribution is 2.13. The number of carbonyl (C=O) groups excluding carboxylic acids is 1. The summed E-state index contributed by atoms with van der Waals surface area (Å²) in [4.78, 5) is 11.5. The summed E-state index contributed by atoms with van der Waals surface area (Å²) in [5.41, 5.74) is -0.431. The first-order chi connectivity index (χ1) is 7.06. The van der Waals surface area contributed by atoms with Crippen LogP contribution in [0.15, 0.2) is 11.3 Å². The lowest BCUT2D eigenvalue weighted by molar-refractivity contribution is 0.0533. The summed E-state index contributed by atoms with van der Waals surface area (Å²) >= 11 is 0. The van der Waals surface area contributed by atoms with Crippen LogP contribution in [-0.2, 0) is 4.74 Å². The van der Waals surface area contributed by atoms with Gasteiger partial charge in [-0.05, 0) is 27.7 Å². The van der Waals surface area contributed by atoms with Gasteiger partial charge in [0, 0.05) is 6.54 Å². The van der Waals surface area contributed by atoms with Crippen molar-refractivity contribution in [3.05, 3.63) is 11.3 Å². The highest BCUT2D eigenvalue weighted by molar-refractivity contribution is 6.83. The summed E-state index contributed by atoms with van der Waals surface area (Å²) < 4.78 is 5.18. The number of carbonyl (C=O) groups is 1. The Morgan fingerprint density at radius 3 is 2.12 bits per heavy atom. The molecule has 0 aromatic heterocycles. The Morgan fingerprint density at radius 1 is 1.31 bits per heavy atom. The molecule has 0 fully saturated rings. The molecule has 0 heterocycles. The number of allylic oxidation sites excluding steroid dienone is 1. The molecule has 0 aliphatic rings. The van der Waals surface area contributed by atoms with Crippen molar-refractivity contribution in [2.75, 3.05) is 6.54 Å². The Hall–Kier alpha value is -0.773. The maximum absolute atomic E-state index is 11.5. The predicted molar refractivity (Wildman–Crippen MR) is 71.3 cm³/mol. The average molecular weight is 243 g/mol. The van der Waals surface area contributed by atoms with Crippen molar-refractivity contribution in [2.45, 2.75) is 52.9 Å². The molecule has 0 aliphatic heterocycles. The molecule has 0 radical (unpaired) electrons. The predicted octanol–water partition coefficient (Wildman–Crippen LogP) is 3.33. The molecular formula is C12H25NO2Si. The Bertz CT molecular complexity index is 272. The third-order valence-corrected chi connectivity index (χ3v) is 4.53. The second-order valence-electron chi connectivity index (χ2n) is 5.92. The minimum atomic E-state index is -1.32.